The summed E-state index contributed by atoms with van der Waals surface area (Å²) < 4.78 is 2.19. The number of fused-ring (bicyclic) bond motifs is 1. The van der Waals surface area contributed by atoms with Crippen molar-refractivity contribution in [3.63, 3.8) is 0 Å². The SMILES string of the molecule is CCc1ccccc1-c1c(C)c(C)c2n1CCNC2=O. The molecular weight excluding hydrogens is 248 g/mol. The van der Waals surface area contributed by atoms with Crippen molar-refractivity contribution in [3.8, 4) is 11.3 Å². The predicted molar refractivity (Wildman–Crippen MR) is 81.1 cm³/mol. The maximum absolute atomic E-state index is 12.1. The Balaban J connectivity index is 2.30. The standard InChI is InChI=1S/C17H20N2O/c1-4-13-7-5-6-8-14(13)15-11(2)12(3)16-17(20)18-9-10-19(15)16/h5-8H,4,9-10H2,1-3H3,(H,18,20). The Morgan fingerprint density at radius 3 is 2.60 bits per heavy atom. The van der Waals surface area contributed by atoms with E-state index < -0.39 is 0 Å². The lowest BCUT2D eigenvalue weighted by molar-refractivity contribution is 0.0927. The van der Waals surface area contributed by atoms with E-state index in [1.165, 1.54) is 22.4 Å². The quantitative estimate of drug-likeness (QED) is 0.892. The fourth-order valence-electron chi connectivity index (χ4n) is 3.16. The van der Waals surface area contributed by atoms with Gasteiger partial charge in [-0.05, 0) is 37.0 Å². The number of benzene rings is 1. The van der Waals surface area contributed by atoms with E-state index in [-0.39, 0.29) is 5.91 Å². The topological polar surface area (TPSA) is 34.0 Å². The largest absolute Gasteiger partial charge is 0.349 e. The van der Waals surface area contributed by atoms with Crippen LogP contribution < -0.4 is 5.32 Å². The zero-order chi connectivity index (χ0) is 14.3. The van der Waals surface area contributed by atoms with Crippen molar-refractivity contribution in [1.82, 2.24) is 9.88 Å². The number of hydrogen-bond acceptors (Lipinski definition) is 1. The molecule has 1 aromatic carbocycles. The average molecular weight is 268 g/mol. The van der Waals surface area contributed by atoms with Gasteiger partial charge in [0.25, 0.3) is 5.91 Å². The van der Waals surface area contributed by atoms with Crippen LogP contribution in [-0.2, 0) is 13.0 Å². The molecule has 1 aromatic heterocycles. The summed E-state index contributed by atoms with van der Waals surface area (Å²) in [5.74, 6) is 0.0529. The van der Waals surface area contributed by atoms with Gasteiger partial charge in [0, 0.05) is 18.7 Å². The molecule has 1 N–H and O–H groups in total. The third-order valence-electron chi connectivity index (χ3n) is 4.30. The summed E-state index contributed by atoms with van der Waals surface area (Å²) in [6.07, 6.45) is 1.00. The Labute approximate surface area is 119 Å². The number of carbonyl (C=O) groups excluding carboxylic acids is 1. The Morgan fingerprint density at radius 2 is 1.85 bits per heavy atom. The minimum absolute atomic E-state index is 0.0529. The lowest BCUT2D eigenvalue weighted by Crippen LogP contribution is -2.35. The minimum Gasteiger partial charge on any atom is -0.349 e. The van der Waals surface area contributed by atoms with Crippen molar-refractivity contribution in [1.29, 1.82) is 0 Å². The molecule has 2 heterocycles. The van der Waals surface area contributed by atoms with Crippen molar-refractivity contribution in [3.05, 3.63) is 46.6 Å². The maximum Gasteiger partial charge on any atom is 0.268 e. The summed E-state index contributed by atoms with van der Waals surface area (Å²) >= 11 is 0. The van der Waals surface area contributed by atoms with Crippen LogP contribution in [-0.4, -0.2) is 17.0 Å². The summed E-state index contributed by atoms with van der Waals surface area (Å²) in [5, 5.41) is 2.94. The van der Waals surface area contributed by atoms with Crippen molar-refractivity contribution >= 4 is 5.91 Å². The van der Waals surface area contributed by atoms with Crippen LogP contribution in [0.25, 0.3) is 11.3 Å². The smallest absolute Gasteiger partial charge is 0.268 e. The molecule has 0 atom stereocenters. The molecule has 3 rings (SSSR count). The Bertz CT molecular complexity index is 683. The molecule has 0 aliphatic carbocycles. The van der Waals surface area contributed by atoms with Crippen molar-refractivity contribution in [2.24, 2.45) is 0 Å². The van der Waals surface area contributed by atoms with Gasteiger partial charge < -0.3 is 9.88 Å². The number of aromatic nitrogens is 1. The highest BCUT2D eigenvalue weighted by Gasteiger charge is 2.26. The molecule has 104 valence electrons. The van der Waals surface area contributed by atoms with Gasteiger partial charge in [0.05, 0.1) is 5.69 Å². The van der Waals surface area contributed by atoms with Crippen LogP contribution in [0.4, 0.5) is 0 Å². The second-order valence-electron chi connectivity index (χ2n) is 5.37. The van der Waals surface area contributed by atoms with Gasteiger partial charge in [0.2, 0.25) is 0 Å². The van der Waals surface area contributed by atoms with Crippen LogP contribution in [0.3, 0.4) is 0 Å². The summed E-state index contributed by atoms with van der Waals surface area (Å²) in [4.78, 5) is 12.1. The molecule has 1 aliphatic rings. The number of amides is 1. The van der Waals surface area contributed by atoms with Crippen LogP contribution >= 0.6 is 0 Å². The van der Waals surface area contributed by atoms with E-state index >= 15 is 0 Å². The summed E-state index contributed by atoms with van der Waals surface area (Å²) in [6, 6.07) is 8.50. The van der Waals surface area contributed by atoms with Crippen molar-refractivity contribution in [2.45, 2.75) is 33.7 Å². The first-order valence-corrected chi connectivity index (χ1v) is 7.21. The molecule has 1 amide bonds. The van der Waals surface area contributed by atoms with Crippen LogP contribution in [0.1, 0.15) is 34.1 Å². The molecule has 0 fully saturated rings. The highest BCUT2D eigenvalue weighted by Crippen LogP contribution is 2.34. The molecule has 1 aliphatic heterocycles. The number of nitrogens with one attached hydrogen (secondary N) is 1. The monoisotopic (exact) mass is 268 g/mol. The molecule has 0 bridgehead atoms. The Hall–Kier alpha value is -2.03. The zero-order valence-electron chi connectivity index (χ0n) is 12.3. The number of carbonyl (C=O) groups is 1. The lowest BCUT2D eigenvalue weighted by atomic mass is 9.99. The van der Waals surface area contributed by atoms with Gasteiger partial charge in [0.1, 0.15) is 5.69 Å². The van der Waals surface area contributed by atoms with Gasteiger partial charge in [0.15, 0.2) is 0 Å². The third-order valence-corrected chi connectivity index (χ3v) is 4.30. The molecule has 3 heteroatoms. The fraction of sp³-hybridized carbons (Fsp3) is 0.353. The number of nitrogens with zero attached hydrogens (tertiary/aromatic N) is 1. The third kappa shape index (κ3) is 1.77. The van der Waals surface area contributed by atoms with E-state index in [1.807, 2.05) is 6.92 Å². The predicted octanol–water partition coefficient (Wildman–Crippen LogP) is 3.08. The molecule has 2 aromatic rings. The van der Waals surface area contributed by atoms with E-state index in [2.05, 4.69) is 48.0 Å². The first kappa shape index (κ1) is 13.0. The highest BCUT2D eigenvalue weighted by atomic mass is 16.2. The average Bonchev–Trinajstić information content (AvgIpc) is 2.72. The number of aryl methyl sites for hydroxylation is 1. The maximum atomic E-state index is 12.1. The molecular formula is C17H20N2O. The molecule has 0 unspecified atom stereocenters. The van der Waals surface area contributed by atoms with Gasteiger partial charge in [-0.2, -0.15) is 0 Å². The summed E-state index contributed by atoms with van der Waals surface area (Å²) in [6.45, 7) is 7.90. The van der Waals surface area contributed by atoms with E-state index in [0.717, 1.165) is 24.2 Å². The van der Waals surface area contributed by atoms with Gasteiger partial charge in [-0.1, -0.05) is 31.2 Å². The zero-order valence-corrected chi connectivity index (χ0v) is 12.3. The van der Waals surface area contributed by atoms with E-state index in [4.69, 9.17) is 0 Å². The second kappa shape index (κ2) is 4.82. The van der Waals surface area contributed by atoms with Crippen LogP contribution in [0.15, 0.2) is 24.3 Å². The molecule has 20 heavy (non-hydrogen) atoms. The Kier molecular flexibility index (Phi) is 3.13. The fourth-order valence-corrected chi connectivity index (χ4v) is 3.16. The van der Waals surface area contributed by atoms with Crippen LogP contribution in [0, 0.1) is 13.8 Å². The normalized spacial score (nSPS) is 14.1. The van der Waals surface area contributed by atoms with E-state index in [1.54, 1.807) is 0 Å². The van der Waals surface area contributed by atoms with Crippen LogP contribution in [0.2, 0.25) is 0 Å². The second-order valence-corrected chi connectivity index (χ2v) is 5.37. The van der Waals surface area contributed by atoms with Crippen molar-refractivity contribution < 1.29 is 4.79 Å². The minimum atomic E-state index is 0.0529. The summed E-state index contributed by atoms with van der Waals surface area (Å²) in [5.41, 5.74) is 6.96. The summed E-state index contributed by atoms with van der Waals surface area (Å²) in [7, 11) is 0. The van der Waals surface area contributed by atoms with Gasteiger partial charge in [-0.25, -0.2) is 0 Å². The van der Waals surface area contributed by atoms with Gasteiger partial charge >= 0.3 is 0 Å². The molecule has 0 radical (unpaired) electrons. The number of rotatable bonds is 2. The Morgan fingerprint density at radius 1 is 1.15 bits per heavy atom. The van der Waals surface area contributed by atoms with Gasteiger partial charge in [-0.3, -0.25) is 4.79 Å². The molecule has 3 nitrogen and oxygen atoms in total. The first-order valence-electron chi connectivity index (χ1n) is 7.21. The van der Waals surface area contributed by atoms with Gasteiger partial charge in [-0.15, -0.1) is 0 Å². The first-order chi connectivity index (χ1) is 9.65. The molecule has 0 saturated heterocycles. The van der Waals surface area contributed by atoms with E-state index in [9.17, 15) is 4.79 Å². The highest BCUT2D eigenvalue weighted by molar-refractivity contribution is 5.97. The molecule has 0 saturated carbocycles. The molecule has 0 spiro atoms. The van der Waals surface area contributed by atoms with Crippen LogP contribution in [0.5, 0.6) is 0 Å². The number of hydrogen-bond donors (Lipinski definition) is 1. The lowest BCUT2D eigenvalue weighted by Gasteiger charge is -2.20. The van der Waals surface area contributed by atoms with Crippen molar-refractivity contribution in [2.75, 3.05) is 6.54 Å². The van der Waals surface area contributed by atoms with E-state index in [0.29, 0.717) is 6.54 Å².